The molecule has 0 aliphatic heterocycles. The lowest BCUT2D eigenvalue weighted by Gasteiger charge is -2.02. The number of pyridine rings is 1. The summed E-state index contributed by atoms with van der Waals surface area (Å²) in [6, 6.07) is 3.48. The maximum Gasteiger partial charge on any atom is 0.265 e. The summed E-state index contributed by atoms with van der Waals surface area (Å²) in [7, 11) is 3.69. The Labute approximate surface area is 86.7 Å². The van der Waals surface area contributed by atoms with Crippen LogP contribution in [0.3, 0.4) is 0 Å². The molecule has 6 nitrogen and oxygen atoms in total. The molecule has 0 saturated carbocycles. The van der Waals surface area contributed by atoms with Crippen molar-refractivity contribution in [1.82, 2.24) is 15.1 Å². The second-order valence-corrected chi connectivity index (χ2v) is 3.27. The van der Waals surface area contributed by atoms with Gasteiger partial charge in [-0.05, 0) is 17.3 Å². The largest absolute Gasteiger partial charge is 0.384 e. The van der Waals surface area contributed by atoms with E-state index in [-0.39, 0.29) is 0 Å². The molecule has 0 fully saturated rings. The summed E-state index contributed by atoms with van der Waals surface area (Å²) < 4.78 is 5.07. The van der Waals surface area contributed by atoms with Gasteiger partial charge < -0.3 is 15.2 Å². The molecule has 0 spiro atoms. The van der Waals surface area contributed by atoms with Gasteiger partial charge in [-0.15, -0.1) is 0 Å². The van der Waals surface area contributed by atoms with E-state index in [0.29, 0.717) is 17.7 Å². The standard InChI is InChI=1S/C9H11N5O/c1-14(2)9-12-8(15-13-9)6-3-4-7(10)11-5-6/h3-5H,1-2H3,(H2,10,11). The quantitative estimate of drug-likeness (QED) is 0.780. The number of rotatable bonds is 2. The normalized spacial score (nSPS) is 10.3. The molecule has 0 aliphatic rings. The maximum absolute atomic E-state index is 5.47. The fourth-order valence-electron chi connectivity index (χ4n) is 1.05. The first kappa shape index (κ1) is 9.45. The molecule has 6 heteroatoms. The molecule has 0 atom stereocenters. The van der Waals surface area contributed by atoms with Crippen LogP contribution in [-0.4, -0.2) is 29.2 Å². The summed E-state index contributed by atoms with van der Waals surface area (Å²) in [6.45, 7) is 0. The van der Waals surface area contributed by atoms with E-state index in [1.807, 2.05) is 14.1 Å². The van der Waals surface area contributed by atoms with Crippen LogP contribution in [0.2, 0.25) is 0 Å². The zero-order valence-corrected chi connectivity index (χ0v) is 8.51. The van der Waals surface area contributed by atoms with E-state index in [1.54, 1.807) is 23.2 Å². The predicted molar refractivity (Wildman–Crippen MR) is 56.3 cm³/mol. The summed E-state index contributed by atoms with van der Waals surface area (Å²) in [4.78, 5) is 9.88. The first-order chi connectivity index (χ1) is 7.16. The highest BCUT2D eigenvalue weighted by atomic mass is 16.5. The van der Waals surface area contributed by atoms with Gasteiger partial charge in [-0.3, -0.25) is 0 Å². The van der Waals surface area contributed by atoms with Crippen LogP contribution >= 0.6 is 0 Å². The number of hydrogen-bond donors (Lipinski definition) is 1. The molecule has 2 aromatic heterocycles. The Hall–Kier alpha value is -2.11. The van der Waals surface area contributed by atoms with Crippen LogP contribution in [-0.2, 0) is 0 Å². The minimum Gasteiger partial charge on any atom is -0.384 e. The first-order valence-corrected chi connectivity index (χ1v) is 4.40. The van der Waals surface area contributed by atoms with Gasteiger partial charge in [0.05, 0.1) is 5.56 Å². The van der Waals surface area contributed by atoms with Crippen molar-refractivity contribution < 1.29 is 4.52 Å². The van der Waals surface area contributed by atoms with Crippen LogP contribution in [0.15, 0.2) is 22.9 Å². The molecule has 2 N–H and O–H groups in total. The molecule has 0 amide bonds. The Bertz CT molecular complexity index is 448. The van der Waals surface area contributed by atoms with Crippen molar-refractivity contribution in [3.63, 3.8) is 0 Å². The third kappa shape index (κ3) is 1.88. The van der Waals surface area contributed by atoms with Crippen LogP contribution in [0.4, 0.5) is 11.8 Å². The lowest BCUT2D eigenvalue weighted by atomic mass is 10.3. The molecule has 0 radical (unpaired) electrons. The van der Waals surface area contributed by atoms with Crippen molar-refractivity contribution in [2.75, 3.05) is 24.7 Å². The Morgan fingerprint density at radius 1 is 1.33 bits per heavy atom. The fraction of sp³-hybridized carbons (Fsp3) is 0.222. The van der Waals surface area contributed by atoms with E-state index >= 15 is 0 Å². The first-order valence-electron chi connectivity index (χ1n) is 4.40. The van der Waals surface area contributed by atoms with Gasteiger partial charge in [0.2, 0.25) is 0 Å². The number of nitrogens with two attached hydrogens (primary N) is 1. The summed E-state index contributed by atoms with van der Waals surface area (Å²) >= 11 is 0. The third-order valence-electron chi connectivity index (χ3n) is 1.85. The lowest BCUT2D eigenvalue weighted by molar-refractivity contribution is 0.430. The van der Waals surface area contributed by atoms with E-state index in [4.69, 9.17) is 10.3 Å². The molecule has 2 rings (SSSR count). The number of hydrogen-bond acceptors (Lipinski definition) is 6. The highest BCUT2D eigenvalue weighted by Gasteiger charge is 2.09. The maximum atomic E-state index is 5.47. The monoisotopic (exact) mass is 205 g/mol. The molecule has 0 saturated heterocycles. The van der Waals surface area contributed by atoms with Gasteiger partial charge in [0, 0.05) is 20.3 Å². The molecule has 15 heavy (non-hydrogen) atoms. The van der Waals surface area contributed by atoms with Gasteiger partial charge in [-0.2, -0.15) is 4.98 Å². The smallest absolute Gasteiger partial charge is 0.265 e. The van der Waals surface area contributed by atoms with E-state index < -0.39 is 0 Å². The van der Waals surface area contributed by atoms with E-state index in [9.17, 15) is 0 Å². The Morgan fingerprint density at radius 3 is 2.67 bits per heavy atom. The van der Waals surface area contributed by atoms with Gasteiger partial charge >= 0.3 is 0 Å². The molecule has 78 valence electrons. The number of anilines is 2. The second-order valence-electron chi connectivity index (χ2n) is 3.27. The average molecular weight is 205 g/mol. The van der Waals surface area contributed by atoms with Crippen molar-refractivity contribution >= 4 is 11.8 Å². The zero-order valence-electron chi connectivity index (χ0n) is 8.51. The van der Waals surface area contributed by atoms with E-state index in [2.05, 4.69) is 15.1 Å². The van der Waals surface area contributed by atoms with Crippen molar-refractivity contribution in [3.8, 4) is 11.5 Å². The molecule has 0 aromatic carbocycles. The van der Waals surface area contributed by atoms with Crippen molar-refractivity contribution in [2.45, 2.75) is 0 Å². The Kier molecular flexibility index (Phi) is 2.24. The average Bonchev–Trinajstić information content (AvgIpc) is 2.68. The third-order valence-corrected chi connectivity index (χ3v) is 1.85. The predicted octanol–water partition coefficient (Wildman–Crippen LogP) is 0.780. The van der Waals surface area contributed by atoms with Crippen LogP contribution < -0.4 is 10.6 Å². The summed E-state index contributed by atoms with van der Waals surface area (Å²) in [5.41, 5.74) is 6.23. The van der Waals surface area contributed by atoms with Gasteiger partial charge in [-0.1, -0.05) is 0 Å². The van der Waals surface area contributed by atoms with Crippen molar-refractivity contribution in [2.24, 2.45) is 0 Å². The van der Waals surface area contributed by atoms with Crippen molar-refractivity contribution in [1.29, 1.82) is 0 Å². The highest BCUT2D eigenvalue weighted by molar-refractivity contribution is 5.54. The van der Waals surface area contributed by atoms with Gasteiger partial charge in [0.25, 0.3) is 11.8 Å². The van der Waals surface area contributed by atoms with Crippen LogP contribution in [0.25, 0.3) is 11.5 Å². The van der Waals surface area contributed by atoms with Crippen LogP contribution in [0, 0.1) is 0 Å². The zero-order chi connectivity index (χ0) is 10.8. The summed E-state index contributed by atoms with van der Waals surface area (Å²) in [6.07, 6.45) is 1.60. The molecule has 2 heterocycles. The molecule has 0 aliphatic carbocycles. The number of aromatic nitrogens is 3. The van der Waals surface area contributed by atoms with Gasteiger partial charge in [0.15, 0.2) is 0 Å². The molecule has 0 unspecified atom stereocenters. The Morgan fingerprint density at radius 2 is 2.13 bits per heavy atom. The molecular formula is C9H11N5O. The number of nitrogen functional groups attached to an aromatic ring is 1. The van der Waals surface area contributed by atoms with Gasteiger partial charge in [0.1, 0.15) is 5.82 Å². The fourth-order valence-corrected chi connectivity index (χ4v) is 1.05. The molecule has 0 bridgehead atoms. The van der Waals surface area contributed by atoms with E-state index in [0.717, 1.165) is 5.56 Å². The highest BCUT2D eigenvalue weighted by Crippen LogP contribution is 2.18. The van der Waals surface area contributed by atoms with Gasteiger partial charge in [-0.25, -0.2) is 4.98 Å². The topological polar surface area (TPSA) is 81.1 Å². The second kappa shape index (κ2) is 3.56. The summed E-state index contributed by atoms with van der Waals surface area (Å²) in [5, 5.41) is 3.80. The minimum atomic E-state index is 0.436. The SMILES string of the molecule is CN(C)c1noc(-c2ccc(N)nc2)n1. The number of nitrogens with zero attached hydrogens (tertiary/aromatic N) is 4. The summed E-state index contributed by atoms with van der Waals surface area (Å²) in [5.74, 6) is 1.43. The van der Waals surface area contributed by atoms with Crippen molar-refractivity contribution in [3.05, 3.63) is 18.3 Å². The van der Waals surface area contributed by atoms with E-state index in [1.165, 1.54) is 0 Å². The lowest BCUT2D eigenvalue weighted by Crippen LogP contribution is -2.10. The van der Waals surface area contributed by atoms with Crippen LogP contribution in [0.5, 0.6) is 0 Å². The Balaban J connectivity index is 2.33. The van der Waals surface area contributed by atoms with Crippen LogP contribution in [0.1, 0.15) is 0 Å². The minimum absolute atomic E-state index is 0.436. The molecule has 2 aromatic rings. The molecular weight excluding hydrogens is 194 g/mol.